The molecule has 2 unspecified atom stereocenters. The zero-order valence-electron chi connectivity index (χ0n) is 10.2. The highest BCUT2D eigenvalue weighted by Gasteiger charge is 2.29. The fourth-order valence-corrected chi connectivity index (χ4v) is 2.93. The van der Waals surface area contributed by atoms with Crippen LogP contribution in [0.15, 0.2) is 0 Å². The second-order valence-corrected chi connectivity index (χ2v) is 5.44. The Balaban J connectivity index is 1.68. The van der Waals surface area contributed by atoms with Crippen LogP contribution in [-0.4, -0.2) is 24.8 Å². The van der Waals surface area contributed by atoms with E-state index in [1.165, 1.54) is 38.5 Å². The minimum atomic E-state index is 0.527. The van der Waals surface area contributed by atoms with Crippen molar-refractivity contribution in [2.24, 2.45) is 5.92 Å². The van der Waals surface area contributed by atoms with E-state index in [1.807, 2.05) is 0 Å². The molecule has 0 aromatic carbocycles. The third kappa shape index (κ3) is 3.18. The van der Waals surface area contributed by atoms with E-state index < -0.39 is 0 Å². The maximum atomic E-state index is 5.76. The van der Waals surface area contributed by atoms with Crippen LogP contribution in [0.1, 0.15) is 52.4 Å². The molecule has 0 radical (unpaired) electrons. The summed E-state index contributed by atoms with van der Waals surface area (Å²) in [7, 11) is 0. The lowest BCUT2D eigenvalue weighted by molar-refractivity contribution is -0.00812. The van der Waals surface area contributed by atoms with Crippen molar-refractivity contribution in [3.63, 3.8) is 0 Å². The first kappa shape index (κ1) is 11.4. The number of hydrogen-bond donors (Lipinski definition) is 1. The van der Waals surface area contributed by atoms with Gasteiger partial charge in [0.05, 0.1) is 6.10 Å². The Morgan fingerprint density at radius 3 is 2.67 bits per heavy atom. The van der Waals surface area contributed by atoms with Crippen LogP contribution in [0.4, 0.5) is 0 Å². The van der Waals surface area contributed by atoms with Gasteiger partial charge in [-0.25, -0.2) is 0 Å². The first-order valence-corrected chi connectivity index (χ1v) is 6.65. The summed E-state index contributed by atoms with van der Waals surface area (Å²) in [6, 6.07) is 1.54. The van der Waals surface area contributed by atoms with Gasteiger partial charge in [0.15, 0.2) is 0 Å². The molecule has 2 fully saturated rings. The van der Waals surface area contributed by atoms with Crippen molar-refractivity contribution in [3.05, 3.63) is 0 Å². The van der Waals surface area contributed by atoms with Crippen molar-refractivity contribution in [3.8, 4) is 0 Å². The highest BCUT2D eigenvalue weighted by Crippen LogP contribution is 2.28. The van der Waals surface area contributed by atoms with Gasteiger partial charge in [-0.3, -0.25) is 0 Å². The van der Waals surface area contributed by atoms with Gasteiger partial charge in [0.25, 0.3) is 0 Å². The van der Waals surface area contributed by atoms with Gasteiger partial charge < -0.3 is 10.1 Å². The Labute approximate surface area is 93.8 Å². The third-order valence-corrected chi connectivity index (χ3v) is 3.82. The fourth-order valence-electron chi connectivity index (χ4n) is 2.93. The van der Waals surface area contributed by atoms with Crippen LogP contribution >= 0.6 is 0 Å². The second-order valence-electron chi connectivity index (χ2n) is 5.44. The van der Waals surface area contributed by atoms with E-state index in [9.17, 15) is 0 Å². The molecule has 0 spiro atoms. The molecule has 0 amide bonds. The average Bonchev–Trinajstić information content (AvgIpc) is 2.17. The van der Waals surface area contributed by atoms with Crippen LogP contribution in [0.5, 0.6) is 0 Å². The zero-order chi connectivity index (χ0) is 10.7. The summed E-state index contributed by atoms with van der Waals surface area (Å²) < 4.78 is 5.76. The molecule has 0 aromatic rings. The predicted molar refractivity (Wildman–Crippen MR) is 63.0 cm³/mol. The predicted octanol–water partition coefficient (Wildman–Crippen LogP) is 2.72. The van der Waals surface area contributed by atoms with Gasteiger partial charge in [-0.15, -0.1) is 0 Å². The van der Waals surface area contributed by atoms with Crippen LogP contribution in [0, 0.1) is 5.92 Å². The Bertz CT molecular complexity index is 185. The molecule has 2 atom stereocenters. The van der Waals surface area contributed by atoms with Crippen molar-refractivity contribution >= 4 is 0 Å². The molecular formula is C13H25NO. The first-order chi connectivity index (χ1) is 7.28. The Hall–Kier alpha value is -0.0800. The Morgan fingerprint density at radius 1 is 1.20 bits per heavy atom. The van der Waals surface area contributed by atoms with Gasteiger partial charge in [0, 0.05) is 18.7 Å². The molecule has 1 saturated carbocycles. The number of ether oxygens (including phenoxy) is 1. The summed E-state index contributed by atoms with van der Waals surface area (Å²) in [4.78, 5) is 0. The van der Waals surface area contributed by atoms with E-state index in [0.29, 0.717) is 6.10 Å². The van der Waals surface area contributed by atoms with Gasteiger partial charge in [0.2, 0.25) is 0 Å². The molecule has 0 aromatic heterocycles. The molecule has 1 N–H and O–H groups in total. The van der Waals surface area contributed by atoms with Crippen molar-refractivity contribution in [1.82, 2.24) is 5.32 Å². The van der Waals surface area contributed by atoms with Crippen molar-refractivity contribution in [2.75, 3.05) is 6.61 Å². The quantitative estimate of drug-likeness (QED) is 0.772. The summed E-state index contributed by atoms with van der Waals surface area (Å²) in [5.74, 6) is 0.953. The van der Waals surface area contributed by atoms with E-state index in [0.717, 1.165) is 24.6 Å². The summed E-state index contributed by atoms with van der Waals surface area (Å²) >= 11 is 0. The zero-order valence-corrected chi connectivity index (χ0v) is 10.2. The first-order valence-electron chi connectivity index (χ1n) is 6.65. The van der Waals surface area contributed by atoms with Gasteiger partial charge in [-0.1, -0.05) is 20.3 Å². The summed E-state index contributed by atoms with van der Waals surface area (Å²) in [5.41, 5.74) is 0. The Morgan fingerprint density at radius 2 is 2.00 bits per heavy atom. The second kappa shape index (κ2) is 5.31. The number of hydrogen-bond acceptors (Lipinski definition) is 2. The smallest absolute Gasteiger partial charge is 0.0589 e. The molecule has 88 valence electrons. The number of nitrogens with one attached hydrogen (secondary N) is 1. The normalized spacial score (nSPS) is 41.2. The fraction of sp³-hybridized carbons (Fsp3) is 1.00. The molecule has 2 heteroatoms. The van der Waals surface area contributed by atoms with Crippen LogP contribution in [0.3, 0.4) is 0 Å². The molecule has 15 heavy (non-hydrogen) atoms. The lowest BCUT2D eigenvalue weighted by atomic mass is 9.81. The number of rotatable bonds is 4. The van der Waals surface area contributed by atoms with Crippen molar-refractivity contribution < 1.29 is 4.74 Å². The SMILES string of the molecule is CCCC1CC(NC2CC(C)C2)CCO1. The van der Waals surface area contributed by atoms with Crippen LogP contribution in [0.25, 0.3) is 0 Å². The minimum absolute atomic E-state index is 0.527. The van der Waals surface area contributed by atoms with Gasteiger partial charge in [-0.2, -0.15) is 0 Å². The average molecular weight is 211 g/mol. The van der Waals surface area contributed by atoms with Gasteiger partial charge in [-0.05, 0) is 38.0 Å². The molecule has 2 rings (SSSR count). The van der Waals surface area contributed by atoms with Gasteiger partial charge in [0.1, 0.15) is 0 Å². The molecule has 1 aliphatic heterocycles. The molecular weight excluding hydrogens is 186 g/mol. The maximum Gasteiger partial charge on any atom is 0.0589 e. The summed E-state index contributed by atoms with van der Waals surface area (Å²) in [5, 5.41) is 3.79. The van der Waals surface area contributed by atoms with Crippen LogP contribution < -0.4 is 5.32 Å². The molecule has 1 heterocycles. The Kier molecular flexibility index (Phi) is 4.04. The highest BCUT2D eigenvalue weighted by atomic mass is 16.5. The monoisotopic (exact) mass is 211 g/mol. The summed E-state index contributed by atoms with van der Waals surface area (Å²) in [6.45, 7) is 5.56. The van der Waals surface area contributed by atoms with Crippen LogP contribution in [0.2, 0.25) is 0 Å². The van der Waals surface area contributed by atoms with E-state index in [-0.39, 0.29) is 0 Å². The summed E-state index contributed by atoms with van der Waals surface area (Å²) in [6.07, 6.45) is 8.23. The standard InChI is InChI=1S/C13H25NO/c1-3-4-13-9-11(5-6-15-13)14-12-7-10(2)8-12/h10-14H,3-9H2,1-2H3. The van der Waals surface area contributed by atoms with Crippen molar-refractivity contribution in [1.29, 1.82) is 0 Å². The van der Waals surface area contributed by atoms with E-state index in [2.05, 4.69) is 19.2 Å². The van der Waals surface area contributed by atoms with E-state index in [1.54, 1.807) is 0 Å². The lowest BCUT2D eigenvalue weighted by Crippen LogP contribution is -2.48. The van der Waals surface area contributed by atoms with E-state index in [4.69, 9.17) is 4.74 Å². The molecule has 1 aliphatic carbocycles. The highest BCUT2D eigenvalue weighted by molar-refractivity contribution is 4.87. The van der Waals surface area contributed by atoms with Crippen LogP contribution in [-0.2, 0) is 4.74 Å². The minimum Gasteiger partial charge on any atom is -0.378 e. The lowest BCUT2D eigenvalue weighted by Gasteiger charge is -2.39. The van der Waals surface area contributed by atoms with Crippen molar-refractivity contribution in [2.45, 2.75) is 70.6 Å². The largest absolute Gasteiger partial charge is 0.378 e. The topological polar surface area (TPSA) is 21.3 Å². The molecule has 0 bridgehead atoms. The molecule has 2 nitrogen and oxygen atoms in total. The maximum absolute atomic E-state index is 5.76. The third-order valence-electron chi connectivity index (χ3n) is 3.82. The molecule has 2 aliphatic rings. The molecule has 1 saturated heterocycles. The van der Waals surface area contributed by atoms with Gasteiger partial charge >= 0.3 is 0 Å². The van der Waals surface area contributed by atoms with E-state index >= 15 is 0 Å².